The van der Waals surface area contributed by atoms with Gasteiger partial charge in [-0.05, 0) is 30.0 Å². The maximum Gasteiger partial charge on any atom is 0.122 e. The van der Waals surface area contributed by atoms with Crippen LogP contribution in [0.25, 0.3) is 6.08 Å². The van der Waals surface area contributed by atoms with Crippen molar-refractivity contribution in [1.82, 2.24) is 0 Å². The summed E-state index contributed by atoms with van der Waals surface area (Å²) >= 11 is 0. The fraction of sp³-hybridized carbons (Fsp3) is 0.429. The number of aryl methyl sites for hydroxylation is 1. The maximum atomic E-state index is 5.28. The van der Waals surface area contributed by atoms with Crippen molar-refractivity contribution >= 4 is 6.08 Å². The van der Waals surface area contributed by atoms with Crippen molar-refractivity contribution in [2.24, 2.45) is 5.92 Å². The average Bonchev–Trinajstić information content (AvgIpc) is 2.27. The molecule has 0 aliphatic carbocycles. The van der Waals surface area contributed by atoms with Crippen molar-refractivity contribution in [2.75, 3.05) is 7.11 Å². The standard InChI is InChI=1S/C14H20O/c1-5-11(2)6-8-13-9-7-12(3)14(10-13)15-4/h6-11H,5H2,1-4H3/b8-6+. The zero-order valence-corrected chi connectivity index (χ0v) is 10.1. The first-order valence-electron chi connectivity index (χ1n) is 5.50. The summed E-state index contributed by atoms with van der Waals surface area (Å²) in [5.74, 6) is 1.60. The molecule has 0 aliphatic rings. The largest absolute Gasteiger partial charge is 0.496 e. The summed E-state index contributed by atoms with van der Waals surface area (Å²) in [5.41, 5.74) is 2.39. The van der Waals surface area contributed by atoms with Crippen molar-refractivity contribution in [3.05, 3.63) is 35.4 Å². The second-order valence-corrected chi connectivity index (χ2v) is 3.97. The highest BCUT2D eigenvalue weighted by atomic mass is 16.5. The Morgan fingerprint density at radius 1 is 1.40 bits per heavy atom. The van der Waals surface area contributed by atoms with E-state index in [0.717, 1.165) is 5.75 Å². The Balaban J connectivity index is 2.82. The molecule has 0 aromatic heterocycles. The van der Waals surface area contributed by atoms with E-state index in [9.17, 15) is 0 Å². The molecule has 1 aromatic carbocycles. The third-order valence-electron chi connectivity index (χ3n) is 2.69. The Labute approximate surface area is 92.8 Å². The second-order valence-electron chi connectivity index (χ2n) is 3.97. The Bertz CT molecular complexity index is 339. The van der Waals surface area contributed by atoms with Crippen molar-refractivity contribution in [3.8, 4) is 5.75 Å². The van der Waals surface area contributed by atoms with E-state index in [1.54, 1.807) is 7.11 Å². The molecule has 1 nitrogen and oxygen atoms in total. The Kier molecular flexibility index (Phi) is 4.41. The molecule has 0 heterocycles. The number of methoxy groups -OCH3 is 1. The summed E-state index contributed by atoms with van der Waals surface area (Å²) in [6, 6.07) is 6.29. The molecule has 15 heavy (non-hydrogen) atoms. The van der Waals surface area contributed by atoms with Crippen LogP contribution in [-0.2, 0) is 0 Å². The minimum absolute atomic E-state index is 0.636. The highest BCUT2D eigenvalue weighted by Crippen LogP contribution is 2.20. The fourth-order valence-electron chi connectivity index (χ4n) is 1.35. The number of rotatable bonds is 4. The van der Waals surface area contributed by atoms with Gasteiger partial charge in [-0.15, -0.1) is 0 Å². The van der Waals surface area contributed by atoms with Crippen molar-refractivity contribution in [2.45, 2.75) is 27.2 Å². The van der Waals surface area contributed by atoms with Gasteiger partial charge in [0.05, 0.1) is 7.11 Å². The third-order valence-corrected chi connectivity index (χ3v) is 2.69. The first kappa shape index (κ1) is 11.8. The molecule has 0 saturated carbocycles. The number of hydrogen-bond acceptors (Lipinski definition) is 1. The number of hydrogen-bond donors (Lipinski definition) is 0. The summed E-state index contributed by atoms with van der Waals surface area (Å²) in [7, 11) is 1.71. The van der Waals surface area contributed by atoms with E-state index in [4.69, 9.17) is 4.74 Å². The molecule has 82 valence electrons. The normalized spacial score (nSPS) is 13.1. The average molecular weight is 204 g/mol. The van der Waals surface area contributed by atoms with Crippen LogP contribution in [0.5, 0.6) is 5.75 Å². The van der Waals surface area contributed by atoms with Crippen LogP contribution in [0.2, 0.25) is 0 Å². The lowest BCUT2D eigenvalue weighted by molar-refractivity contribution is 0.411. The molecule has 0 spiro atoms. The highest BCUT2D eigenvalue weighted by molar-refractivity contribution is 5.53. The summed E-state index contributed by atoms with van der Waals surface area (Å²) in [4.78, 5) is 0. The van der Waals surface area contributed by atoms with Crippen molar-refractivity contribution in [1.29, 1.82) is 0 Å². The summed E-state index contributed by atoms with van der Waals surface area (Å²) in [5, 5.41) is 0. The molecule has 0 fully saturated rings. The van der Waals surface area contributed by atoms with E-state index in [1.165, 1.54) is 17.5 Å². The lowest BCUT2D eigenvalue weighted by atomic mass is 10.1. The van der Waals surface area contributed by atoms with Gasteiger partial charge in [-0.25, -0.2) is 0 Å². The van der Waals surface area contributed by atoms with E-state index in [0.29, 0.717) is 5.92 Å². The molecule has 1 heteroatoms. The van der Waals surface area contributed by atoms with Gasteiger partial charge >= 0.3 is 0 Å². The second kappa shape index (κ2) is 5.59. The van der Waals surface area contributed by atoms with Crippen LogP contribution >= 0.6 is 0 Å². The molecule has 1 atom stereocenters. The highest BCUT2D eigenvalue weighted by Gasteiger charge is 1.98. The number of allylic oxidation sites excluding steroid dienone is 1. The van der Waals surface area contributed by atoms with Gasteiger partial charge in [0.25, 0.3) is 0 Å². The van der Waals surface area contributed by atoms with Crippen LogP contribution in [0.3, 0.4) is 0 Å². The molecular weight excluding hydrogens is 184 g/mol. The lowest BCUT2D eigenvalue weighted by Crippen LogP contribution is -1.88. The molecular formula is C14H20O. The minimum atomic E-state index is 0.636. The molecule has 1 rings (SSSR count). The SMILES string of the molecule is CCC(C)/C=C/c1ccc(C)c(OC)c1. The summed E-state index contributed by atoms with van der Waals surface area (Å²) in [6.45, 7) is 6.48. The Morgan fingerprint density at radius 2 is 2.13 bits per heavy atom. The van der Waals surface area contributed by atoms with Gasteiger partial charge < -0.3 is 4.74 Å². The maximum absolute atomic E-state index is 5.28. The lowest BCUT2D eigenvalue weighted by Gasteiger charge is -2.05. The Morgan fingerprint density at radius 3 is 2.73 bits per heavy atom. The van der Waals surface area contributed by atoms with Crippen LogP contribution in [0, 0.1) is 12.8 Å². The topological polar surface area (TPSA) is 9.23 Å². The monoisotopic (exact) mass is 204 g/mol. The summed E-state index contributed by atoms with van der Waals surface area (Å²) in [6.07, 6.45) is 5.58. The van der Waals surface area contributed by atoms with E-state index in [-0.39, 0.29) is 0 Å². The van der Waals surface area contributed by atoms with Gasteiger partial charge in [0.2, 0.25) is 0 Å². The first-order chi connectivity index (χ1) is 7.17. The van der Waals surface area contributed by atoms with Gasteiger partial charge in [0.15, 0.2) is 0 Å². The van der Waals surface area contributed by atoms with Crippen LogP contribution in [-0.4, -0.2) is 7.11 Å². The molecule has 0 saturated heterocycles. The van der Waals surface area contributed by atoms with Crippen LogP contribution in [0.1, 0.15) is 31.4 Å². The third kappa shape index (κ3) is 3.43. The summed E-state index contributed by atoms with van der Waals surface area (Å²) < 4.78 is 5.28. The Hall–Kier alpha value is -1.24. The fourth-order valence-corrected chi connectivity index (χ4v) is 1.35. The minimum Gasteiger partial charge on any atom is -0.496 e. The molecule has 1 aromatic rings. The van der Waals surface area contributed by atoms with Gasteiger partial charge in [0, 0.05) is 0 Å². The van der Waals surface area contributed by atoms with Gasteiger partial charge in [-0.1, -0.05) is 44.6 Å². The molecule has 0 N–H and O–H groups in total. The van der Waals surface area contributed by atoms with E-state index in [2.05, 4.69) is 51.1 Å². The van der Waals surface area contributed by atoms with E-state index >= 15 is 0 Å². The van der Waals surface area contributed by atoms with Crippen LogP contribution in [0.4, 0.5) is 0 Å². The molecule has 0 radical (unpaired) electrons. The van der Waals surface area contributed by atoms with E-state index < -0.39 is 0 Å². The van der Waals surface area contributed by atoms with Crippen molar-refractivity contribution in [3.63, 3.8) is 0 Å². The van der Waals surface area contributed by atoms with E-state index in [1.807, 2.05) is 0 Å². The molecule has 0 bridgehead atoms. The zero-order valence-electron chi connectivity index (χ0n) is 10.1. The molecule has 0 amide bonds. The van der Waals surface area contributed by atoms with Gasteiger partial charge in [-0.2, -0.15) is 0 Å². The van der Waals surface area contributed by atoms with Crippen molar-refractivity contribution < 1.29 is 4.74 Å². The van der Waals surface area contributed by atoms with Crippen LogP contribution < -0.4 is 4.74 Å². The van der Waals surface area contributed by atoms with Gasteiger partial charge in [0.1, 0.15) is 5.75 Å². The molecule has 0 aliphatic heterocycles. The predicted molar refractivity (Wildman–Crippen MR) is 66.2 cm³/mol. The van der Waals surface area contributed by atoms with Gasteiger partial charge in [-0.3, -0.25) is 0 Å². The quantitative estimate of drug-likeness (QED) is 0.718. The molecule has 1 unspecified atom stereocenters. The van der Waals surface area contributed by atoms with Crippen LogP contribution in [0.15, 0.2) is 24.3 Å². The zero-order chi connectivity index (χ0) is 11.3. The predicted octanol–water partition coefficient (Wildman–Crippen LogP) is 4.06. The first-order valence-corrected chi connectivity index (χ1v) is 5.50. The smallest absolute Gasteiger partial charge is 0.122 e. The number of benzene rings is 1. The number of ether oxygens (including phenoxy) is 1.